The van der Waals surface area contributed by atoms with Crippen molar-refractivity contribution in [3.63, 3.8) is 0 Å². The van der Waals surface area contributed by atoms with Crippen LogP contribution in [0.4, 0.5) is 0 Å². The second-order valence-corrected chi connectivity index (χ2v) is 6.07. The summed E-state index contributed by atoms with van der Waals surface area (Å²) in [6.45, 7) is 0. The van der Waals surface area contributed by atoms with Crippen molar-refractivity contribution in [2.45, 2.75) is 38.0 Å². The summed E-state index contributed by atoms with van der Waals surface area (Å²) in [5.74, 6) is 1.28. The summed E-state index contributed by atoms with van der Waals surface area (Å²) in [6.07, 6.45) is 6.14. The Kier molecular flexibility index (Phi) is 4.22. The molecule has 1 aliphatic rings. The maximum absolute atomic E-state index is 6.41. The van der Waals surface area contributed by atoms with Gasteiger partial charge in [0.25, 0.3) is 0 Å². The van der Waals surface area contributed by atoms with E-state index < -0.39 is 0 Å². The largest absolute Gasteiger partial charge is 0.182 e. The minimum absolute atomic E-state index is 0.0697. The zero-order valence-electron chi connectivity index (χ0n) is 11.0. The molecule has 0 spiro atoms. The first-order valence-electron chi connectivity index (χ1n) is 6.94. The Labute approximate surface area is 127 Å². The topological polar surface area (TPSA) is 54.5 Å². The van der Waals surface area contributed by atoms with Gasteiger partial charge in [-0.15, -0.1) is 10.2 Å². The molecule has 20 heavy (non-hydrogen) atoms. The molecule has 1 heterocycles. The summed E-state index contributed by atoms with van der Waals surface area (Å²) in [4.78, 5) is 0. The molecule has 0 radical (unpaired) electrons. The van der Waals surface area contributed by atoms with Crippen LogP contribution in [0.3, 0.4) is 0 Å². The van der Waals surface area contributed by atoms with Crippen LogP contribution in [0.1, 0.15) is 49.4 Å². The van der Waals surface area contributed by atoms with Crippen molar-refractivity contribution >= 4 is 23.2 Å². The summed E-state index contributed by atoms with van der Waals surface area (Å²) >= 11 is 12.6. The quantitative estimate of drug-likeness (QED) is 0.923. The highest BCUT2D eigenvalue weighted by Gasteiger charge is 2.31. The second-order valence-electron chi connectivity index (χ2n) is 5.29. The third-order valence-electron chi connectivity index (χ3n) is 4.08. The number of H-pyrrole nitrogens is 1. The first-order valence-corrected chi connectivity index (χ1v) is 7.70. The van der Waals surface area contributed by atoms with Crippen molar-refractivity contribution in [3.05, 3.63) is 39.6 Å². The Morgan fingerprint density at radius 2 is 1.95 bits per heavy atom. The number of tetrazole rings is 1. The van der Waals surface area contributed by atoms with E-state index in [0.717, 1.165) is 5.56 Å². The molecule has 2 aromatic rings. The fraction of sp³-hybridized carbons (Fsp3) is 0.500. The van der Waals surface area contributed by atoms with Gasteiger partial charge in [-0.1, -0.05) is 59.8 Å². The molecular formula is C14H16Cl2N4. The average Bonchev–Trinajstić information content (AvgIpc) is 2.99. The number of halogens is 2. The highest BCUT2D eigenvalue weighted by Crippen LogP contribution is 2.42. The molecule has 0 aliphatic heterocycles. The van der Waals surface area contributed by atoms with Crippen LogP contribution in [0.15, 0.2) is 18.2 Å². The lowest BCUT2D eigenvalue weighted by Crippen LogP contribution is -2.19. The number of aromatic nitrogens is 4. The van der Waals surface area contributed by atoms with Gasteiger partial charge in [0.2, 0.25) is 0 Å². The molecule has 0 saturated heterocycles. The van der Waals surface area contributed by atoms with Gasteiger partial charge in [0, 0.05) is 0 Å². The number of rotatable bonds is 3. The van der Waals surface area contributed by atoms with E-state index in [4.69, 9.17) is 23.2 Å². The lowest BCUT2D eigenvalue weighted by Gasteiger charge is -2.29. The maximum atomic E-state index is 6.41. The normalized spacial score (nSPS) is 18.1. The number of benzene rings is 1. The maximum Gasteiger partial charge on any atom is 0.182 e. The smallest absolute Gasteiger partial charge is 0.177 e. The van der Waals surface area contributed by atoms with Gasteiger partial charge >= 0.3 is 0 Å². The predicted molar refractivity (Wildman–Crippen MR) is 79.1 cm³/mol. The van der Waals surface area contributed by atoms with Gasteiger partial charge in [0.05, 0.1) is 16.0 Å². The zero-order chi connectivity index (χ0) is 13.9. The van der Waals surface area contributed by atoms with Crippen LogP contribution in [0, 0.1) is 5.92 Å². The van der Waals surface area contributed by atoms with Crippen LogP contribution in [0.2, 0.25) is 10.0 Å². The van der Waals surface area contributed by atoms with Crippen LogP contribution in [0.5, 0.6) is 0 Å². The molecule has 4 nitrogen and oxygen atoms in total. The van der Waals surface area contributed by atoms with Gasteiger partial charge in [0.15, 0.2) is 5.82 Å². The summed E-state index contributed by atoms with van der Waals surface area (Å²) in [5.41, 5.74) is 1.01. The molecule has 1 unspecified atom stereocenters. The molecule has 1 fully saturated rings. The highest BCUT2D eigenvalue weighted by molar-refractivity contribution is 6.42. The van der Waals surface area contributed by atoms with Gasteiger partial charge in [-0.25, -0.2) is 0 Å². The first kappa shape index (κ1) is 13.8. The van der Waals surface area contributed by atoms with Crippen molar-refractivity contribution < 1.29 is 0 Å². The monoisotopic (exact) mass is 310 g/mol. The standard InChI is InChI=1S/C14H16Cl2N4/c15-11-8-4-7-10(13(11)16)12(14-17-19-20-18-14)9-5-2-1-3-6-9/h4,7-9,12H,1-3,5-6H2,(H,17,18,19,20). The van der Waals surface area contributed by atoms with Gasteiger partial charge in [-0.05, 0) is 30.4 Å². The van der Waals surface area contributed by atoms with Crippen LogP contribution in [0.25, 0.3) is 0 Å². The third-order valence-corrected chi connectivity index (χ3v) is 4.91. The van der Waals surface area contributed by atoms with Crippen LogP contribution >= 0.6 is 23.2 Å². The number of aromatic amines is 1. The second kappa shape index (κ2) is 6.10. The minimum Gasteiger partial charge on any atom is -0.177 e. The van der Waals surface area contributed by atoms with Crippen molar-refractivity contribution in [1.29, 1.82) is 0 Å². The Bertz CT molecular complexity index is 565. The van der Waals surface area contributed by atoms with Crippen molar-refractivity contribution in [1.82, 2.24) is 20.6 Å². The van der Waals surface area contributed by atoms with E-state index in [0.29, 0.717) is 21.8 Å². The van der Waals surface area contributed by atoms with Crippen LogP contribution in [-0.2, 0) is 0 Å². The zero-order valence-corrected chi connectivity index (χ0v) is 12.5. The lowest BCUT2D eigenvalue weighted by atomic mass is 9.76. The van der Waals surface area contributed by atoms with E-state index in [9.17, 15) is 0 Å². The average molecular weight is 311 g/mol. The van der Waals surface area contributed by atoms with E-state index in [1.54, 1.807) is 0 Å². The van der Waals surface area contributed by atoms with Crippen molar-refractivity contribution in [2.24, 2.45) is 5.92 Å². The van der Waals surface area contributed by atoms with Gasteiger partial charge in [-0.2, -0.15) is 5.21 Å². The predicted octanol–water partition coefficient (Wildman–Crippen LogP) is 4.22. The molecule has 1 aromatic heterocycles. The SMILES string of the molecule is Clc1cccc(C(c2nn[nH]n2)C2CCCCC2)c1Cl. The first-order chi connectivity index (χ1) is 9.77. The number of hydrogen-bond acceptors (Lipinski definition) is 3. The fourth-order valence-electron chi connectivity index (χ4n) is 3.13. The summed E-state index contributed by atoms with van der Waals surface area (Å²) in [6, 6.07) is 5.75. The summed E-state index contributed by atoms with van der Waals surface area (Å²) in [7, 11) is 0. The molecule has 6 heteroatoms. The van der Waals surface area contributed by atoms with Gasteiger partial charge < -0.3 is 0 Å². The van der Waals surface area contributed by atoms with E-state index in [-0.39, 0.29) is 5.92 Å². The Balaban J connectivity index is 2.03. The molecule has 0 bridgehead atoms. The molecule has 106 valence electrons. The third kappa shape index (κ3) is 2.67. The fourth-order valence-corrected chi connectivity index (χ4v) is 3.56. The van der Waals surface area contributed by atoms with Crippen molar-refractivity contribution in [2.75, 3.05) is 0 Å². The van der Waals surface area contributed by atoms with Crippen LogP contribution < -0.4 is 0 Å². The molecule has 1 saturated carbocycles. The Morgan fingerprint density at radius 1 is 1.15 bits per heavy atom. The van der Waals surface area contributed by atoms with E-state index in [1.807, 2.05) is 18.2 Å². The minimum atomic E-state index is 0.0697. The molecule has 0 amide bonds. The number of hydrogen-bond donors (Lipinski definition) is 1. The van der Waals surface area contributed by atoms with Gasteiger partial charge in [0.1, 0.15) is 0 Å². The molecular weight excluding hydrogens is 295 g/mol. The Morgan fingerprint density at radius 3 is 2.65 bits per heavy atom. The molecule has 1 atom stereocenters. The van der Waals surface area contributed by atoms with Gasteiger partial charge in [-0.3, -0.25) is 0 Å². The van der Waals surface area contributed by atoms with Crippen molar-refractivity contribution in [3.8, 4) is 0 Å². The molecule has 1 N–H and O–H groups in total. The Hall–Kier alpha value is -1.13. The van der Waals surface area contributed by atoms with E-state index >= 15 is 0 Å². The van der Waals surface area contributed by atoms with Crippen LogP contribution in [-0.4, -0.2) is 20.6 Å². The number of nitrogens with one attached hydrogen (secondary N) is 1. The highest BCUT2D eigenvalue weighted by atomic mass is 35.5. The van der Waals surface area contributed by atoms with E-state index in [1.165, 1.54) is 32.1 Å². The summed E-state index contributed by atoms with van der Waals surface area (Å²) in [5, 5.41) is 15.8. The summed E-state index contributed by atoms with van der Waals surface area (Å²) < 4.78 is 0. The molecule has 1 aliphatic carbocycles. The molecule has 1 aromatic carbocycles. The number of nitrogens with zero attached hydrogens (tertiary/aromatic N) is 3. The molecule has 3 rings (SSSR count). The van der Waals surface area contributed by atoms with E-state index in [2.05, 4.69) is 20.6 Å². The lowest BCUT2D eigenvalue weighted by molar-refractivity contribution is 0.321.